The molecule has 1 atom stereocenters. The second-order valence-electron chi connectivity index (χ2n) is 5.38. The Morgan fingerprint density at radius 2 is 1.67 bits per heavy atom. The Balaban J connectivity index is 2.48. The van der Waals surface area contributed by atoms with Gasteiger partial charge in [-0.3, -0.25) is 14.3 Å². The van der Waals surface area contributed by atoms with Gasteiger partial charge in [0, 0.05) is 12.0 Å². The SMILES string of the molecule is CCCC(=O)NS(=O)(=NC(=O)c1ccccc1)c1ccc(C)cc1. The number of hydrogen-bond acceptors (Lipinski definition) is 3. The van der Waals surface area contributed by atoms with Gasteiger partial charge in [-0.15, -0.1) is 4.36 Å². The molecule has 0 spiro atoms. The molecule has 5 nitrogen and oxygen atoms in total. The molecule has 0 bridgehead atoms. The van der Waals surface area contributed by atoms with Crippen LogP contribution in [0.5, 0.6) is 0 Å². The van der Waals surface area contributed by atoms with Crippen LogP contribution in [0.15, 0.2) is 63.9 Å². The largest absolute Gasteiger partial charge is 0.286 e. The first-order chi connectivity index (χ1) is 11.4. The molecule has 0 radical (unpaired) electrons. The number of carbonyl (C=O) groups excluding carboxylic acids is 2. The lowest BCUT2D eigenvalue weighted by Gasteiger charge is -2.12. The van der Waals surface area contributed by atoms with Gasteiger partial charge >= 0.3 is 0 Å². The molecule has 0 saturated carbocycles. The van der Waals surface area contributed by atoms with Gasteiger partial charge in [-0.05, 0) is 37.6 Å². The smallest absolute Gasteiger partial charge is 0.274 e. The molecule has 0 aliphatic heterocycles. The summed E-state index contributed by atoms with van der Waals surface area (Å²) in [6.45, 7) is 3.74. The molecule has 1 unspecified atom stereocenters. The van der Waals surface area contributed by atoms with Gasteiger partial charge in [-0.1, -0.05) is 42.8 Å². The molecule has 1 N–H and O–H groups in total. The number of nitrogens with one attached hydrogen (secondary N) is 1. The van der Waals surface area contributed by atoms with Crippen molar-refractivity contribution in [1.29, 1.82) is 0 Å². The van der Waals surface area contributed by atoms with E-state index in [-0.39, 0.29) is 6.42 Å². The molecule has 0 saturated heterocycles. The van der Waals surface area contributed by atoms with Crippen LogP contribution in [-0.2, 0) is 14.7 Å². The van der Waals surface area contributed by atoms with Crippen molar-refractivity contribution in [2.75, 3.05) is 0 Å². The van der Waals surface area contributed by atoms with Crippen molar-refractivity contribution >= 4 is 21.7 Å². The van der Waals surface area contributed by atoms with E-state index in [1.807, 2.05) is 13.8 Å². The Labute approximate surface area is 142 Å². The predicted octanol–water partition coefficient (Wildman–Crippen LogP) is 3.49. The molecule has 2 aromatic rings. The third-order valence-electron chi connectivity index (χ3n) is 3.30. The van der Waals surface area contributed by atoms with Crippen LogP contribution in [0.25, 0.3) is 0 Å². The van der Waals surface area contributed by atoms with Gasteiger partial charge in [-0.25, -0.2) is 4.21 Å². The van der Waals surface area contributed by atoms with E-state index in [1.165, 1.54) is 0 Å². The molecule has 24 heavy (non-hydrogen) atoms. The highest BCUT2D eigenvalue weighted by molar-refractivity contribution is 7.92. The van der Waals surface area contributed by atoms with Crippen LogP contribution in [0.3, 0.4) is 0 Å². The highest BCUT2D eigenvalue weighted by Crippen LogP contribution is 2.15. The molecule has 0 fully saturated rings. The zero-order chi connectivity index (χ0) is 17.6. The minimum atomic E-state index is -3.38. The van der Waals surface area contributed by atoms with Crippen molar-refractivity contribution in [3.8, 4) is 0 Å². The van der Waals surface area contributed by atoms with Gasteiger partial charge in [0.1, 0.15) is 0 Å². The lowest BCUT2D eigenvalue weighted by Crippen LogP contribution is -2.31. The second-order valence-corrected chi connectivity index (χ2v) is 7.29. The molecular formula is C18H20N2O3S. The zero-order valence-corrected chi connectivity index (χ0v) is 14.5. The summed E-state index contributed by atoms with van der Waals surface area (Å²) in [6.07, 6.45) is 0.833. The van der Waals surface area contributed by atoms with E-state index in [4.69, 9.17) is 0 Å². The Morgan fingerprint density at radius 1 is 1.04 bits per heavy atom. The summed E-state index contributed by atoms with van der Waals surface area (Å²) in [7, 11) is -3.38. The normalized spacial score (nSPS) is 12.9. The number of hydrogen-bond donors (Lipinski definition) is 1. The van der Waals surface area contributed by atoms with Gasteiger partial charge in [0.05, 0.1) is 4.90 Å². The van der Waals surface area contributed by atoms with Crippen LogP contribution in [0.4, 0.5) is 0 Å². The average Bonchev–Trinajstić information content (AvgIpc) is 2.56. The fourth-order valence-electron chi connectivity index (χ4n) is 2.04. The third-order valence-corrected chi connectivity index (χ3v) is 5.14. The van der Waals surface area contributed by atoms with Crippen LogP contribution in [0.2, 0.25) is 0 Å². The van der Waals surface area contributed by atoms with Gasteiger partial charge in [-0.2, -0.15) is 0 Å². The first-order valence-corrected chi connectivity index (χ1v) is 9.20. The molecule has 126 valence electrons. The average molecular weight is 344 g/mol. The molecule has 2 amide bonds. The third kappa shape index (κ3) is 4.52. The number of aryl methyl sites for hydroxylation is 1. The van der Waals surface area contributed by atoms with Gasteiger partial charge in [0.25, 0.3) is 5.91 Å². The van der Waals surface area contributed by atoms with Crippen LogP contribution in [0.1, 0.15) is 35.7 Å². The summed E-state index contributed by atoms with van der Waals surface area (Å²) < 4.78 is 19.5. The van der Waals surface area contributed by atoms with Crippen LogP contribution < -0.4 is 4.72 Å². The predicted molar refractivity (Wildman–Crippen MR) is 93.8 cm³/mol. The minimum Gasteiger partial charge on any atom is -0.274 e. The molecule has 0 aliphatic rings. The van der Waals surface area contributed by atoms with E-state index in [2.05, 4.69) is 9.08 Å². The van der Waals surface area contributed by atoms with E-state index < -0.39 is 21.7 Å². The Morgan fingerprint density at radius 3 is 2.25 bits per heavy atom. The van der Waals surface area contributed by atoms with E-state index in [9.17, 15) is 13.8 Å². The van der Waals surface area contributed by atoms with Crippen LogP contribution in [0, 0.1) is 6.92 Å². The van der Waals surface area contributed by atoms with E-state index in [0.717, 1.165) is 5.56 Å². The van der Waals surface area contributed by atoms with Crippen molar-refractivity contribution in [3.63, 3.8) is 0 Å². The van der Waals surface area contributed by atoms with E-state index in [1.54, 1.807) is 54.6 Å². The first kappa shape index (κ1) is 17.9. The summed E-state index contributed by atoms with van der Waals surface area (Å²) >= 11 is 0. The zero-order valence-electron chi connectivity index (χ0n) is 13.7. The van der Waals surface area contributed by atoms with Gasteiger partial charge in [0.15, 0.2) is 9.92 Å². The molecule has 0 heterocycles. The maximum absolute atomic E-state index is 13.2. The molecule has 0 aliphatic carbocycles. The van der Waals surface area contributed by atoms with Crippen molar-refractivity contribution in [1.82, 2.24) is 4.72 Å². The Bertz CT molecular complexity index is 836. The number of rotatable bonds is 5. The number of benzene rings is 2. The summed E-state index contributed by atoms with van der Waals surface area (Å²) in [5, 5.41) is 0. The fourth-order valence-corrected chi connectivity index (χ4v) is 3.56. The summed E-state index contributed by atoms with van der Waals surface area (Å²) in [5.74, 6) is -1.02. The lowest BCUT2D eigenvalue weighted by molar-refractivity contribution is -0.119. The van der Waals surface area contributed by atoms with Crippen molar-refractivity contribution in [3.05, 3.63) is 65.7 Å². The Kier molecular flexibility index (Phi) is 5.87. The number of nitrogens with zero attached hydrogens (tertiary/aromatic N) is 1. The van der Waals surface area contributed by atoms with Crippen molar-refractivity contribution < 1.29 is 13.8 Å². The molecular weight excluding hydrogens is 324 g/mol. The highest BCUT2D eigenvalue weighted by Gasteiger charge is 2.18. The van der Waals surface area contributed by atoms with E-state index in [0.29, 0.717) is 16.9 Å². The number of amides is 2. The summed E-state index contributed by atoms with van der Waals surface area (Å²) in [4.78, 5) is 24.6. The van der Waals surface area contributed by atoms with E-state index >= 15 is 0 Å². The van der Waals surface area contributed by atoms with Crippen LogP contribution >= 0.6 is 0 Å². The first-order valence-electron chi connectivity index (χ1n) is 7.68. The lowest BCUT2D eigenvalue weighted by atomic mass is 10.2. The van der Waals surface area contributed by atoms with Crippen molar-refractivity contribution in [2.45, 2.75) is 31.6 Å². The highest BCUT2D eigenvalue weighted by atomic mass is 32.2. The topological polar surface area (TPSA) is 75.6 Å². The Hall–Kier alpha value is -2.47. The van der Waals surface area contributed by atoms with Crippen molar-refractivity contribution in [2.24, 2.45) is 4.36 Å². The molecule has 2 aromatic carbocycles. The molecule has 6 heteroatoms. The van der Waals surface area contributed by atoms with Crippen LogP contribution in [-0.4, -0.2) is 16.0 Å². The monoisotopic (exact) mass is 344 g/mol. The van der Waals surface area contributed by atoms with Gasteiger partial charge in [0.2, 0.25) is 5.91 Å². The second kappa shape index (κ2) is 7.88. The number of carbonyl (C=O) groups is 2. The maximum Gasteiger partial charge on any atom is 0.286 e. The summed E-state index contributed by atoms with van der Waals surface area (Å²) in [5.41, 5.74) is 1.30. The fraction of sp³-hybridized carbons (Fsp3) is 0.222. The summed E-state index contributed by atoms with van der Waals surface area (Å²) in [6, 6.07) is 15.1. The quantitative estimate of drug-likeness (QED) is 0.902. The van der Waals surface area contributed by atoms with Gasteiger partial charge < -0.3 is 0 Å². The maximum atomic E-state index is 13.2. The standard InChI is InChI=1S/C18H20N2O3S/c1-3-7-17(21)19-24(23,16-12-10-14(2)11-13-16)20-18(22)15-8-5-4-6-9-15/h4-6,8-13H,3,7H2,1-2H3,(H,19,20,21,22,23). The minimum absolute atomic E-state index is 0.220. The molecule has 0 aromatic heterocycles. The molecule has 2 rings (SSSR count).